The molecule has 8 heteroatoms. The quantitative estimate of drug-likeness (QED) is 0.625. The number of hydrogen-bond donors (Lipinski definition) is 1. The van der Waals surface area contributed by atoms with E-state index in [9.17, 15) is 9.59 Å². The van der Waals surface area contributed by atoms with Crippen molar-refractivity contribution in [1.82, 2.24) is 9.88 Å². The molecular formula is C20H27N3O4S. The lowest BCUT2D eigenvalue weighted by Gasteiger charge is -2.23. The van der Waals surface area contributed by atoms with Crippen LogP contribution in [-0.4, -0.2) is 42.1 Å². The van der Waals surface area contributed by atoms with Crippen LogP contribution in [0, 0.1) is 5.92 Å². The number of amides is 2. The van der Waals surface area contributed by atoms with Crippen molar-refractivity contribution in [3.63, 3.8) is 0 Å². The Morgan fingerprint density at radius 2 is 1.96 bits per heavy atom. The van der Waals surface area contributed by atoms with Crippen LogP contribution in [0.1, 0.15) is 42.7 Å². The van der Waals surface area contributed by atoms with E-state index in [1.165, 1.54) is 18.4 Å². The van der Waals surface area contributed by atoms with Crippen LogP contribution in [0.5, 0.6) is 5.75 Å². The molecule has 0 bridgehead atoms. The monoisotopic (exact) mass is 405 g/mol. The number of methoxy groups -OCH3 is 1. The molecule has 0 radical (unpaired) electrons. The standard InChI is InChI=1S/C20H27N3O4S/c1-5-27-16-8-6-15(7-9-16)21-20(25)23(11-10-14(2)3)12-18-22-17(13-28-18)19(24)26-4/h6-9,13-14H,5,10-12H2,1-4H3,(H,21,25). The van der Waals surface area contributed by atoms with Gasteiger partial charge in [0.2, 0.25) is 0 Å². The number of rotatable bonds is 9. The lowest BCUT2D eigenvalue weighted by molar-refractivity contribution is 0.0594. The zero-order chi connectivity index (χ0) is 20.5. The molecule has 2 amide bonds. The molecule has 0 spiro atoms. The zero-order valence-electron chi connectivity index (χ0n) is 16.7. The van der Waals surface area contributed by atoms with Crippen LogP contribution in [0.4, 0.5) is 10.5 Å². The Labute approximate surface area is 169 Å². The molecular weight excluding hydrogens is 378 g/mol. The Morgan fingerprint density at radius 3 is 2.57 bits per heavy atom. The maximum absolute atomic E-state index is 12.8. The number of thiazole rings is 1. The molecule has 2 rings (SSSR count). The molecule has 152 valence electrons. The molecule has 1 aromatic carbocycles. The first-order chi connectivity index (χ1) is 13.4. The fourth-order valence-corrected chi connectivity index (χ4v) is 3.19. The summed E-state index contributed by atoms with van der Waals surface area (Å²) in [6.07, 6.45) is 0.867. The minimum Gasteiger partial charge on any atom is -0.494 e. The Balaban J connectivity index is 2.06. The normalized spacial score (nSPS) is 10.6. The van der Waals surface area contributed by atoms with Crippen LogP contribution >= 0.6 is 11.3 Å². The minimum atomic E-state index is -0.477. The summed E-state index contributed by atoms with van der Waals surface area (Å²) in [4.78, 5) is 30.4. The van der Waals surface area contributed by atoms with Crippen molar-refractivity contribution in [1.29, 1.82) is 0 Å². The van der Waals surface area contributed by atoms with Crippen LogP contribution in [0.2, 0.25) is 0 Å². The summed E-state index contributed by atoms with van der Waals surface area (Å²) in [7, 11) is 1.32. The average Bonchev–Trinajstić information content (AvgIpc) is 3.14. The summed E-state index contributed by atoms with van der Waals surface area (Å²) >= 11 is 1.34. The minimum absolute atomic E-state index is 0.209. The second kappa shape index (κ2) is 10.7. The van der Waals surface area contributed by atoms with Gasteiger partial charge in [-0.1, -0.05) is 13.8 Å². The molecule has 0 atom stereocenters. The fraction of sp³-hybridized carbons (Fsp3) is 0.450. The molecule has 0 aliphatic carbocycles. The van der Waals surface area contributed by atoms with Gasteiger partial charge in [-0.3, -0.25) is 0 Å². The number of nitrogens with zero attached hydrogens (tertiary/aromatic N) is 2. The molecule has 0 unspecified atom stereocenters. The maximum Gasteiger partial charge on any atom is 0.357 e. The van der Waals surface area contributed by atoms with Gasteiger partial charge in [0.25, 0.3) is 0 Å². The van der Waals surface area contributed by atoms with Crippen molar-refractivity contribution < 1.29 is 19.1 Å². The van der Waals surface area contributed by atoms with Gasteiger partial charge >= 0.3 is 12.0 Å². The number of ether oxygens (including phenoxy) is 2. The Morgan fingerprint density at radius 1 is 1.25 bits per heavy atom. The molecule has 1 N–H and O–H groups in total. The predicted molar refractivity (Wildman–Crippen MR) is 110 cm³/mol. The van der Waals surface area contributed by atoms with Crippen molar-refractivity contribution in [3.8, 4) is 5.75 Å². The van der Waals surface area contributed by atoms with Gasteiger partial charge in [-0.25, -0.2) is 14.6 Å². The third-order valence-corrected chi connectivity index (χ3v) is 4.79. The number of aromatic nitrogens is 1. The van der Waals surface area contributed by atoms with Crippen LogP contribution in [0.15, 0.2) is 29.6 Å². The number of urea groups is 1. The van der Waals surface area contributed by atoms with E-state index >= 15 is 0 Å². The molecule has 7 nitrogen and oxygen atoms in total. The summed E-state index contributed by atoms with van der Waals surface area (Å²) < 4.78 is 10.1. The van der Waals surface area contributed by atoms with Gasteiger partial charge in [0.15, 0.2) is 5.69 Å². The van der Waals surface area contributed by atoms with Gasteiger partial charge in [-0.05, 0) is 43.5 Å². The Hall–Kier alpha value is -2.61. The average molecular weight is 406 g/mol. The number of hydrogen-bond acceptors (Lipinski definition) is 6. The number of benzene rings is 1. The Bertz CT molecular complexity index is 774. The lowest BCUT2D eigenvalue weighted by Crippen LogP contribution is -2.35. The second-order valence-electron chi connectivity index (χ2n) is 6.61. The predicted octanol–water partition coefficient (Wildman–Crippen LogP) is 4.41. The van der Waals surface area contributed by atoms with Gasteiger partial charge in [-0.2, -0.15) is 0 Å². The zero-order valence-corrected chi connectivity index (χ0v) is 17.5. The Kier molecular flexibility index (Phi) is 8.25. The van der Waals surface area contributed by atoms with Crippen LogP contribution in [-0.2, 0) is 11.3 Å². The van der Waals surface area contributed by atoms with Crippen LogP contribution in [0.25, 0.3) is 0 Å². The van der Waals surface area contributed by atoms with Crippen LogP contribution < -0.4 is 10.1 Å². The first-order valence-electron chi connectivity index (χ1n) is 9.24. The highest BCUT2D eigenvalue weighted by Gasteiger charge is 2.18. The smallest absolute Gasteiger partial charge is 0.357 e. The highest BCUT2D eigenvalue weighted by molar-refractivity contribution is 7.09. The van der Waals surface area contributed by atoms with Gasteiger partial charge in [0.05, 0.1) is 20.3 Å². The van der Waals surface area contributed by atoms with E-state index in [2.05, 4.69) is 28.9 Å². The second-order valence-corrected chi connectivity index (χ2v) is 7.55. The van der Waals surface area contributed by atoms with Gasteiger partial charge in [0.1, 0.15) is 10.8 Å². The van der Waals surface area contributed by atoms with E-state index in [1.54, 1.807) is 10.3 Å². The third-order valence-electron chi connectivity index (χ3n) is 3.95. The van der Waals surface area contributed by atoms with Crippen molar-refractivity contribution in [2.75, 3.05) is 25.6 Å². The van der Waals surface area contributed by atoms with E-state index in [-0.39, 0.29) is 11.7 Å². The molecule has 0 saturated carbocycles. The van der Waals surface area contributed by atoms with E-state index in [4.69, 9.17) is 4.74 Å². The van der Waals surface area contributed by atoms with Crippen molar-refractivity contribution in [3.05, 3.63) is 40.3 Å². The van der Waals surface area contributed by atoms with Gasteiger partial charge in [-0.15, -0.1) is 11.3 Å². The number of carbonyl (C=O) groups excluding carboxylic acids is 2. The summed E-state index contributed by atoms with van der Waals surface area (Å²) in [5.41, 5.74) is 0.954. The van der Waals surface area contributed by atoms with E-state index < -0.39 is 5.97 Å². The van der Waals surface area contributed by atoms with Crippen molar-refractivity contribution in [2.24, 2.45) is 5.92 Å². The number of anilines is 1. The molecule has 1 heterocycles. The molecule has 1 aromatic heterocycles. The number of carbonyl (C=O) groups is 2. The number of esters is 1. The van der Waals surface area contributed by atoms with Crippen molar-refractivity contribution >= 4 is 29.0 Å². The molecule has 0 fully saturated rings. The first-order valence-corrected chi connectivity index (χ1v) is 10.1. The summed E-state index contributed by atoms with van der Waals surface area (Å²) in [6, 6.07) is 7.05. The van der Waals surface area contributed by atoms with E-state index in [0.29, 0.717) is 36.3 Å². The maximum atomic E-state index is 12.8. The van der Waals surface area contributed by atoms with Gasteiger partial charge in [0, 0.05) is 17.6 Å². The molecule has 0 saturated heterocycles. The summed E-state index contributed by atoms with van der Waals surface area (Å²) in [6.45, 7) is 7.66. The summed E-state index contributed by atoms with van der Waals surface area (Å²) in [5, 5.41) is 5.24. The molecule has 28 heavy (non-hydrogen) atoms. The van der Waals surface area contributed by atoms with Gasteiger partial charge < -0.3 is 19.7 Å². The SMILES string of the molecule is CCOc1ccc(NC(=O)N(CCC(C)C)Cc2nc(C(=O)OC)cs2)cc1. The van der Waals surface area contributed by atoms with Crippen LogP contribution in [0.3, 0.4) is 0 Å². The molecule has 2 aromatic rings. The molecule has 0 aliphatic rings. The molecule has 0 aliphatic heterocycles. The first kappa shape index (κ1) is 21.7. The topological polar surface area (TPSA) is 80.8 Å². The highest BCUT2D eigenvalue weighted by Crippen LogP contribution is 2.18. The fourth-order valence-electron chi connectivity index (χ4n) is 2.42. The number of nitrogens with one attached hydrogen (secondary N) is 1. The van der Waals surface area contributed by atoms with E-state index in [0.717, 1.165) is 12.2 Å². The summed E-state index contributed by atoms with van der Waals surface area (Å²) in [5.74, 6) is 0.744. The third kappa shape index (κ3) is 6.53. The van der Waals surface area contributed by atoms with Crippen molar-refractivity contribution in [2.45, 2.75) is 33.7 Å². The highest BCUT2D eigenvalue weighted by atomic mass is 32.1. The lowest BCUT2D eigenvalue weighted by atomic mass is 10.1. The largest absolute Gasteiger partial charge is 0.494 e. The van der Waals surface area contributed by atoms with E-state index in [1.807, 2.05) is 31.2 Å².